The maximum absolute atomic E-state index is 13.8. The van der Waals surface area contributed by atoms with Gasteiger partial charge in [-0.15, -0.1) is 0 Å². The molecule has 1 saturated heterocycles. The number of aliphatic imine (C=N–C) groups is 1. The van der Waals surface area contributed by atoms with Gasteiger partial charge in [-0.1, -0.05) is 30.5 Å². The SMILES string of the molecule is CN1CCC(CN=C(N)NC2CCCC2)C1c1ccc(Cl)c(F)c1. The van der Waals surface area contributed by atoms with Crippen LogP contribution in [-0.4, -0.2) is 37.0 Å². The van der Waals surface area contributed by atoms with Gasteiger partial charge in [0.1, 0.15) is 5.82 Å². The predicted octanol–water partition coefficient (Wildman–Crippen LogP) is 3.32. The molecular formula is C18H26ClFN4. The highest BCUT2D eigenvalue weighted by Gasteiger charge is 2.33. The molecule has 3 rings (SSSR count). The molecule has 2 atom stereocenters. The van der Waals surface area contributed by atoms with Gasteiger partial charge in [-0.3, -0.25) is 9.89 Å². The summed E-state index contributed by atoms with van der Waals surface area (Å²) >= 11 is 5.81. The van der Waals surface area contributed by atoms with Crippen LogP contribution in [-0.2, 0) is 0 Å². The Kier molecular flexibility index (Phi) is 5.61. The Balaban J connectivity index is 1.66. The number of nitrogens with one attached hydrogen (secondary N) is 1. The Hall–Kier alpha value is -1.33. The van der Waals surface area contributed by atoms with E-state index >= 15 is 0 Å². The summed E-state index contributed by atoms with van der Waals surface area (Å²) in [6.45, 7) is 1.63. The Morgan fingerprint density at radius 3 is 2.83 bits per heavy atom. The van der Waals surface area contributed by atoms with Gasteiger partial charge in [-0.2, -0.15) is 0 Å². The van der Waals surface area contributed by atoms with Crippen molar-refractivity contribution in [1.29, 1.82) is 0 Å². The highest BCUT2D eigenvalue weighted by atomic mass is 35.5. The summed E-state index contributed by atoms with van der Waals surface area (Å²) in [6.07, 6.45) is 5.92. The zero-order chi connectivity index (χ0) is 17.1. The van der Waals surface area contributed by atoms with E-state index in [0.717, 1.165) is 18.5 Å². The highest BCUT2D eigenvalue weighted by molar-refractivity contribution is 6.30. The summed E-state index contributed by atoms with van der Waals surface area (Å²) in [7, 11) is 2.07. The molecule has 0 radical (unpaired) electrons. The lowest BCUT2D eigenvalue weighted by atomic mass is 9.94. The maximum Gasteiger partial charge on any atom is 0.188 e. The lowest BCUT2D eigenvalue weighted by Crippen LogP contribution is -2.39. The maximum atomic E-state index is 13.8. The number of hydrogen-bond acceptors (Lipinski definition) is 2. The van der Waals surface area contributed by atoms with Crippen LogP contribution in [0.1, 0.15) is 43.7 Å². The van der Waals surface area contributed by atoms with Gasteiger partial charge in [-0.25, -0.2) is 4.39 Å². The lowest BCUT2D eigenvalue weighted by molar-refractivity contribution is 0.279. The smallest absolute Gasteiger partial charge is 0.188 e. The van der Waals surface area contributed by atoms with Crippen LogP contribution in [0.3, 0.4) is 0 Å². The van der Waals surface area contributed by atoms with Crippen LogP contribution in [0.15, 0.2) is 23.2 Å². The van der Waals surface area contributed by atoms with Gasteiger partial charge in [0.15, 0.2) is 5.96 Å². The van der Waals surface area contributed by atoms with Crippen molar-refractivity contribution in [3.63, 3.8) is 0 Å². The molecule has 6 heteroatoms. The Bertz CT molecular complexity index is 601. The number of likely N-dealkylation sites (tertiary alicyclic amines) is 1. The molecule has 0 bridgehead atoms. The van der Waals surface area contributed by atoms with Crippen LogP contribution in [0.4, 0.5) is 4.39 Å². The van der Waals surface area contributed by atoms with E-state index in [1.165, 1.54) is 25.7 Å². The van der Waals surface area contributed by atoms with Crippen LogP contribution < -0.4 is 11.1 Å². The van der Waals surface area contributed by atoms with E-state index in [2.05, 4.69) is 22.3 Å². The number of benzene rings is 1. The van der Waals surface area contributed by atoms with E-state index in [1.807, 2.05) is 6.07 Å². The first kappa shape index (κ1) is 17.5. The molecule has 1 heterocycles. The minimum absolute atomic E-state index is 0.153. The molecule has 4 nitrogen and oxygen atoms in total. The number of hydrogen-bond donors (Lipinski definition) is 2. The molecule has 0 amide bonds. The topological polar surface area (TPSA) is 53.6 Å². The number of rotatable bonds is 4. The average molecular weight is 353 g/mol. The molecule has 1 aliphatic heterocycles. The second kappa shape index (κ2) is 7.70. The largest absolute Gasteiger partial charge is 0.370 e. The van der Waals surface area contributed by atoms with Crippen LogP contribution >= 0.6 is 11.6 Å². The first-order valence-corrected chi connectivity index (χ1v) is 9.14. The number of guanidine groups is 1. The van der Waals surface area contributed by atoms with Gasteiger partial charge >= 0.3 is 0 Å². The third-order valence-electron chi connectivity index (χ3n) is 5.26. The molecule has 2 aliphatic rings. The molecule has 1 saturated carbocycles. The minimum Gasteiger partial charge on any atom is -0.370 e. The molecule has 132 valence electrons. The van der Waals surface area contributed by atoms with E-state index in [9.17, 15) is 4.39 Å². The molecule has 1 aliphatic carbocycles. The van der Waals surface area contributed by atoms with Crippen molar-refractivity contribution in [2.45, 2.75) is 44.2 Å². The van der Waals surface area contributed by atoms with Crippen molar-refractivity contribution < 1.29 is 4.39 Å². The highest BCUT2D eigenvalue weighted by Crippen LogP contribution is 2.37. The molecule has 0 aromatic heterocycles. The van der Waals surface area contributed by atoms with Gasteiger partial charge in [0.05, 0.1) is 5.02 Å². The summed E-state index contributed by atoms with van der Waals surface area (Å²) in [5.74, 6) is 0.510. The van der Waals surface area contributed by atoms with Gasteiger partial charge in [0.25, 0.3) is 0 Å². The Morgan fingerprint density at radius 2 is 2.12 bits per heavy atom. The van der Waals surface area contributed by atoms with Gasteiger partial charge in [0.2, 0.25) is 0 Å². The van der Waals surface area contributed by atoms with Crippen LogP contribution in [0.25, 0.3) is 0 Å². The second-order valence-corrected chi connectivity index (χ2v) is 7.41. The Labute approximate surface area is 148 Å². The number of nitrogens with zero attached hydrogens (tertiary/aromatic N) is 2. The van der Waals surface area contributed by atoms with E-state index in [-0.39, 0.29) is 16.9 Å². The van der Waals surface area contributed by atoms with Crippen molar-refractivity contribution in [3.05, 3.63) is 34.6 Å². The fourth-order valence-electron chi connectivity index (χ4n) is 3.98. The van der Waals surface area contributed by atoms with Crippen molar-refractivity contribution >= 4 is 17.6 Å². The van der Waals surface area contributed by atoms with Crippen LogP contribution in [0.2, 0.25) is 5.02 Å². The summed E-state index contributed by atoms with van der Waals surface area (Å²) < 4.78 is 13.8. The zero-order valence-corrected chi connectivity index (χ0v) is 14.9. The number of nitrogens with two attached hydrogens (primary N) is 1. The molecule has 24 heavy (non-hydrogen) atoms. The van der Waals surface area contributed by atoms with Gasteiger partial charge in [0, 0.05) is 18.6 Å². The molecule has 2 unspecified atom stereocenters. The Morgan fingerprint density at radius 1 is 1.38 bits per heavy atom. The summed E-state index contributed by atoms with van der Waals surface area (Å²) in [5.41, 5.74) is 7.00. The quantitative estimate of drug-likeness (QED) is 0.645. The summed E-state index contributed by atoms with van der Waals surface area (Å²) in [5, 5.41) is 3.49. The molecular weight excluding hydrogens is 327 g/mol. The van der Waals surface area contributed by atoms with Gasteiger partial charge < -0.3 is 11.1 Å². The van der Waals surface area contributed by atoms with Crippen molar-refractivity contribution in [2.24, 2.45) is 16.6 Å². The average Bonchev–Trinajstić information content (AvgIpc) is 3.18. The number of halogens is 2. The summed E-state index contributed by atoms with van der Waals surface area (Å²) in [6, 6.07) is 5.72. The van der Waals surface area contributed by atoms with Crippen LogP contribution in [0, 0.1) is 11.7 Å². The first-order chi connectivity index (χ1) is 11.5. The van der Waals surface area contributed by atoms with E-state index in [1.54, 1.807) is 12.1 Å². The van der Waals surface area contributed by atoms with Crippen molar-refractivity contribution in [1.82, 2.24) is 10.2 Å². The third kappa shape index (κ3) is 4.01. The zero-order valence-electron chi connectivity index (χ0n) is 14.1. The second-order valence-electron chi connectivity index (χ2n) is 7.00. The van der Waals surface area contributed by atoms with E-state index < -0.39 is 0 Å². The molecule has 3 N–H and O–H groups in total. The minimum atomic E-state index is -0.362. The fourth-order valence-corrected chi connectivity index (χ4v) is 4.10. The van der Waals surface area contributed by atoms with Crippen molar-refractivity contribution in [3.8, 4) is 0 Å². The predicted molar refractivity (Wildman–Crippen MR) is 96.8 cm³/mol. The van der Waals surface area contributed by atoms with Gasteiger partial charge in [-0.05, 0) is 56.5 Å². The standard InChI is InChI=1S/C18H26ClFN4/c1-24-9-8-13(11-22-18(21)23-14-4-2-3-5-14)17(24)12-6-7-15(19)16(20)10-12/h6-7,10,13-14,17H,2-5,8-9,11H2,1H3,(H3,21,22,23). The third-order valence-corrected chi connectivity index (χ3v) is 5.57. The van der Waals surface area contributed by atoms with E-state index in [4.69, 9.17) is 17.3 Å². The van der Waals surface area contributed by atoms with E-state index in [0.29, 0.717) is 24.5 Å². The summed E-state index contributed by atoms with van der Waals surface area (Å²) in [4.78, 5) is 6.81. The molecule has 2 fully saturated rings. The van der Waals surface area contributed by atoms with Crippen LogP contribution in [0.5, 0.6) is 0 Å². The lowest BCUT2D eigenvalue weighted by Gasteiger charge is -2.25. The first-order valence-electron chi connectivity index (χ1n) is 8.76. The van der Waals surface area contributed by atoms with Crippen molar-refractivity contribution in [2.75, 3.05) is 20.1 Å². The molecule has 1 aromatic rings. The molecule has 0 spiro atoms. The molecule has 1 aromatic carbocycles. The fraction of sp³-hybridized carbons (Fsp3) is 0.611. The normalized spacial score (nSPS) is 26.2. The monoisotopic (exact) mass is 352 g/mol.